The number of halogens is 1. The monoisotopic (exact) mass is 356 g/mol. The molecule has 128 valence electrons. The van der Waals surface area contributed by atoms with Crippen LogP contribution in [0.1, 0.15) is 15.9 Å². The van der Waals surface area contributed by atoms with Gasteiger partial charge in [0.1, 0.15) is 0 Å². The third kappa shape index (κ3) is 4.39. The Morgan fingerprint density at radius 2 is 1.84 bits per heavy atom. The van der Waals surface area contributed by atoms with Crippen LogP contribution in [0.4, 0.5) is 0 Å². The minimum Gasteiger partial charge on any atom is -0.452 e. The Hall–Kier alpha value is -2.79. The van der Waals surface area contributed by atoms with E-state index in [1.165, 1.54) is 0 Å². The van der Waals surface area contributed by atoms with Gasteiger partial charge in [0.15, 0.2) is 6.61 Å². The van der Waals surface area contributed by atoms with Crippen LogP contribution in [0.15, 0.2) is 54.7 Å². The first-order chi connectivity index (χ1) is 12.1. The van der Waals surface area contributed by atoms with Crippen molar-refractivity contribution in [2.75, 3.05) is 13.2 Å². The molecular weight excluding hydrogens is 340 g/mol. The highest BCUT2D eigenvalue weighted by Crippen LogP contribution is 2.17. The maximum atomic E-state index is 11.8. The summed E-state index contributed by atoms with van der Waals surface area (Å²) >= 11 is 5.76. The summed E-state index contributed by atoms with van der Waals surface area (Å²) in [6.45, 7) is 0.161. The zero-order valence-corrected chi connectivity index (χ0v) is 14.2. The molecule has 25 heavy (non-hydrogen) atoms. The molecule has 2 N–H and O–H groups in total. The average Bonchev–Trinajstić information content (AvgIpc) is 3.04. The van der Waals surface area contributed by atoms with E-state index in [2.05, 4.69) is 10.3 Å². The standard InChI is InChI=1S/C19H17ClN2O3/c20-15-7-5-13(6-8-15)19(24)25-12-18(23)21-10-9-14-11-22-17-4-2-1-3-16(14)17/h1-8,11,22H,9-10,12H2,(H,21,23). The van der Waals surface area contributed by atoms with Crippen molar-refractivity contribution < 1.29 is 14.3 Å². The van der Waals surface area contributed by atoms with Crippen molar-refractivity contribution in [2.45, 2.75) is 6.42 Å². The van der Waals surface area contributed by atoms with Gasteiger partial charge in [-0.3, -0.25) is 4.79 Å². The summed E-state index contributed by atoms with van der Waals surface area (Å²) in [5.41, 5.74) is 2.56. The fourth-order valence-corrected chi connectivity index (χ4v) is 2.65. The predicted octanol–water partition coefficient (Wildman–Crippen LogP) is 3.34. The summed E-state index contributed by atoms with van der Waals surface area (Å²) in [7, 11) is 0. The highest BCUT2D eigenvalue weighted by Gasteiger charge is 2.10. The molecule has 1 amide bonds. The maximum absolute atomic E-state index is 11.8. The molecule has 0 fully saturated rings. The Labute approximate surface area is 149 Å². The minimum atomic E-state index is -0.552. The SMILES string of the molecule is O=C(COC(=O)c1ccc(Cl)cc1)NCCc1c[nH]c2ccccc12. The Morgan fingerprint density at radius 3 is 2.64 bits per heavy atom. The quantitative estimate of drug-likeness (QED) is 0.665. The Balaban J connectivity index is 1.44. The number of ether oxygens (including phenoxy) is 1. The number of esters is 1. The van der Waals surface area contributed by atoms with Gasteiger partial charge in [-0.1, -0.05) is 29.8 Å². The van der Waals surface area contributed by atoms with Crippen molar-refractivity contribution in [1.29, 1.82) is 0 Å². The number of carbonyl (C=O) groups excluding carboxylic acids is 2. The highest BCUT2D eigenvalue weighted by molar-refractivity contribution is 6.30. The lowest BCUT2D eigenvalue weighted by molar-refractivity contribution is -0.124. The predicted molar refractivity (Wildman–Crippen MR) is 96.7 cm³/mol. The minimum absolute atomic E-state index is 0.310. The first kappa shape index (κ1) is 17.0. The van der Waals surface area contributed by atoms with E-state index in [0.717, 1.165) is 16.5 Å². The first-order valence-corrected chi connectivity index (χ1v) is 8.25. The van der Waals surface area contributed by atoms with Crippen LogP contribution >= 0.6 is 11.6 Å². The van der Waals surface area contributed by atoms with E-state index < -0.39 is 5.97 Å². The van der Waals surface area contributed by atoms with Gasteiger partial charge in [-0.15, -0.1) is 0 Å². The number of hydrogen-bond donors (Lipinski definition) is 2. The molecular formula is C19H17ClN2O3. The molecule has 0 saturated heterocycles. The molecule has 0 aliphatic rings. The van der Waals surface area contributed by atoms with Gasteiger partial charge in [0.25, 0.3) is 5.91 Å². The number of aromatic nitrogens is 1. The van der Waals surface area contributed by atoms with E-state index >= 15 is 0 Å². The van der Waals surface area contributed by atoms with E-state index in [-0.39, 0.29) is 12.5 Å². The van der Waals surface area contributed by atoms with Gasteiger partial charge in [-0.25, -0.2) is 4.79 Å². The van der Waals surface area contributed by atoms with Crippen molar-refractivity contribution in [2.24, 2.45) is 0 Å². The number of fused-ring (bicyclic) bond motifs is 1. The fraction of sp³-hybridized carbons (Fsp3) is 0.158. The number of rotatable bonds is 6. The van der Waals surface area contributed by atoms with Crippen LogP contribution in [-0.2, 0) is 16.0 Å². The number of nitrogens with one attached hydrogen (secondary N) is 2. The van der Waals surface area contributed by atoms with E-state index in [9.17, 15) is 9.59 Å². The number of H-pyrrole nitrogens is 1. The van der Waals surface area contributed by atoms with Crippen LogP contribution in [-0.4, -0.2) is 30.0 Å². The van der Waals surface area contributed by atoms with Gasteiger partial charge in [-0.2, -0.15) is 0 Å². The van der Waals surface area contributed by atoms with Crippen molar-refractivity contribution in [1.82, 2.24) is 10.3 Å². The molecule has 0 unspecified atom stereocenters. The number of benzene rings is 2. The van der Waals surface area contributed by atoms with Crippen LogP contribution in [0.25, 0.3) is 10.9 Å². The number of aromatic amines is 1. The second-order valence-electron chi connectivity index (χ2n) is 5.54. The second kappa shape index (κ2) is 7.85. The molecule has 0 saturated carbocycles. The molecule has 0 bridgehead atoms. The van der Waals surface area contributed by atoms with Crippen LogP contribution in [0.2, 0.25) is 5.02 Å². The highest BCUT2D eigenvalue weighted by atomic mass is 35.5. The molecule has 6 heteroatoms. The van der Waals surface area contributed by atoms with Crippen LogP contribution in [0.3, 0.4) is 0 Å². The summed E-state index contributed by atoms with van der Waals surface area (Å²) in [6.07, 6.45) is 2.64. The molecule has 0 aliphatic heterocycles. The van der Waals surface area contributed by atoms with Crippen molar-refractivity contribution in [3.8, 4) is 0 Å². The maximum Gasteiger partial charge on any atom is 0.338 e. The molecule has 0 spiro atoms. The topological polar surface area (TPSA) is 71.2 Å². The largest absolute Gasteiger partial charge is 0.452 e. The second-order valence-corrected chi connectivity index (χ2v) is 5.98. The van der Waals surface area contributed by atoms with Crippen molar-refractivity contribution in [3.05, 3.63) is 70.9 Å². The lowest BCUT2D eigenvalue weighted by Crippen LogP contribution is -2.30. The van der Waals surface area contributed by atoms with Gasteiger partial charge in [-0.05, 0) is 42.3 Å². The smallest absolute Gasteiger partial charge is 0.338 e. The summed E-state index contributed by atoms with van der Waals surface area (Å²) < 4.78 is 4.99. The van der Waals surface area contributed by atoms with Crippen molar-refractivity contribution >= 4 is 34.4 Å². The summed E-state index contributed by atoms with van der Waals surface area (Å²) in [4.78, 5) is 26.8. The molecule has 1 aromatic heterocycles. The fourth-order valence-electron chi connectivity index (χ4n) is 2.53. The van der Waals surface area contributed by atoms with E-state index in [1.54, 1.807) is 24.3 Å². The van der Waals surface area contributed by atoms with Gasteiger partial charge >= 0.3 is 5.97 Å². The molecule has 0 atom stereocenters. The Bertz CT molecular complexity index is 887. The van der Waals surface area contributed by atoms with Gasteiger partial charge in [0, 0.05) is 28.7 Å². The normalized spacial score (nSPS) is 10.6. The Kier molecular flexibility index (Phi) is 5.36. The molecule has 0 aliphatic carbocycles. The Morgan fingerprint density at radius 1 is 1.08 bits per heavy atom. The summed E-state index contributed by atoms with van der Waals surface area (Å²) in [5.74, 6) is -0.884. The third-order valence-corrected chi connectivity index (χ3v) is 4.06. The van der Waals surface area contributed by atoms with Gasteiger partial charge in [0.2, 0.25) is 0 Å². The number of amides is 1. The molecule has 0 radical (unpaired) electrons. The average molecular weight is 357 g/mol. The summed E-state index contributed by atoms with van der Waals surface area (Å²) in [6, 6.07) is 14.3. The third-order valence-electron chi connectivity index (χ3n) is 3.81. The first-order valence-electron chi connectivity index (χ1n) is 7.88. The van der Waals surface area contributed by atoms with E-state index in [4.69, 9.17) is 16.3 Å². The number of hydrogen-bond acceptors (Lipinski definition) is 3. The van der Waals surface area contributed by atoms with E-state index in [1.807, 2.05) is 30.5 Å². The number of para-hydroxylation sites is 1. The van der Waals surface area contributed by atoms with Crippen LogP contribution in [0.5, 0.6) is 0 Å². The molecule has 2 aromatic carbocycles. The molecule has 1 heterocycles. The van der Waals surface area contributed by atoms with Gasteiger partial charge in [0.05, 0.1) is 5.56 Å². The lowest BCUT2D eigenvalue weighted by atomic mass is 10.1. The number of carbonyl (C=O) groups is 2. The zero-order valence-electron chi connectivity index (χ0n) is 13.4. The van der Waals surface area contributed by atoms with Crippen LogP contribution in [0, 0.1) is 0 Å². The lowest BCUT2D eigenvalue weighted by Gasteiger charge is -2.06. The van der Waals surface area contributed by atoms with E-state index in [0.29, 0.717) is 23.6 Å². The molecule has 3 rings (SSSR count). The van der Waals surface area contributed by atoms with Gasteiger partial charge < -0.3 is 15.0 Å². The zero-order chi connectivity index (χ0) is 17.6. The molecule has 5 nitrogen and oxygen atoms in total. The summed E-state index contributed by atoms with van der Waals surface area (Å²) in [5, 5.41) is 4.43. The molecule has 3 aromatic rings. The van der Waals surface area contributed by atoms with Crippen molar-refractivity contribution in [3.63, 3.8) is 0 Å². The van der Waals surface area contributed by atoms with Crippen LogP contribution < -0.4 is 5.32 Å².